The molecule has 0 fully saturated rings. The van der Waals surface area contributed by atoms with Crippen LogP contribution in [0.1, 0.15) is 19.4 Å². The standard InChI is InChI=1S/C13H15NO3/c1-10(14-11(2)15)8-13(16)17-9-12-6-4-3-5-7-12/h3-8H,9H2,1-2H3,(H,14,15)/b10-8+. The van der Waals surface area contributed by atoms with Crippen LogP contribution < -0.4 is 5.32 Å². The summed E-state index contributed by atoms with van der Waals surface area (Å²) in [6.45, 7) is 3.24. The first-order chi connectivity index (χ1) is 8.08. The van der Waals surface area contributed by atoms with Crippen LogP contribution in [-0.2, 0) is 20.9 Å². The summed E-state index contributed by atoms with van der Waals surface area (Å²) < 4.78 is 5.01. The van der Waals surface area contributed by atoms with Crippen molar-refractivity contribution in [3.8, 4) is 0 Å². The first kappa shape index (κ1) is 13.0. The van der Waals surface area contributed by atoms with Gasteiger partial charge < -0.3 is 10.1 Å². The van der Waals surface area contributed by atoms with Crippen LogP contribution >= 0.6 is 0 Å². The van der Waals surface area contributed by atoms with E-state index in [-0.39, 0.29) is 12.5 Å². The molecule has 0 spiro atoms. The molecule has 4 heteroatoms. The molecular formula is C13H15NO3. The van der Waals surface area contributed by atoms with Gasteiger partial charge in [-0.15, -0.1) is 0 Å². The quantitative estimate of drug-likeness (QED) is 0.637. The summed E-state index contributed by atoms with van der Waals surface area (Å²) in [4.78, 5) is 22.1. The first-order valence-corrected chi connectivity index (χ1v) is 5.24. The van der Waals surface area contributed by atoms with Gasteiger partial charge in [-0.25, -0.2) is 4.79 Å². The summed E-state index contributed by atoms with van der Waals surface area (Å²) in [5, 5.41) is 2.49. The summed E-state index contributed by atoms with van der Waals surface area (Å²) >= 11 is 0. The summed E-state index contributed by atoms with van der Waals surface area (Å²) in [5.41, 5.74) is 1.39. The van der Waals surface area contributed by atoms with Crippen molar-refractivity contribution in [3.63, 3.8) is 0 Å². The number of amides is 1. The van der Waals surface area contributed by atoms with Crippen LogP contribution in [-0.4, -0.2) is 11.9 Å². The molecule has 0 aliphatic rings. The molecule has 0 atom stereocenters. The van der Waals surface area contributed by atoms with Crippen molar-refractivity contribution in [1.82, 2.24) is 5.32 Å². The Morgan fingerprint density at radius 1 is 1.24 bits per heavy atom. The normalized spacial score (nSPS) is 10.8. The largest absolute Gasteiger partial charge is 0.458 e. The molecule has 1 aromatic carbocycles. The molecule has 90 valence electrons. The lowest BCUT2D eigenvalue weighted by Crippen LogP contribution is -2.18. The maximum atomic E-state index is 11.4. The lowest BCUT2D eigenvalue weighted by Gasteiger charge is -2.03. The third kappa shape index (κ3) is 5.51. The molecule has 0 heterocycles. The number of ether oxygens (including phenoxy) is 1. The van der Waals surface area contributed by atoms with Crippen molar-refractivity contribution >= 4 is 11.9 Å². The van der Waals surface area contributed by atoms with E-state index >= 15 is 0 Å². The Hall–Kier alpha value is -2.10. The Morgan fingerprint density at radius 3 is 2.47 bits per heavy atom. The zero-order valence-corrected chi connectivity index (χ0v) is 9.90. The molecule has 0 unspecified atom stereocenters. The van der Waals surface area contributed by atoms with Crippen molar-refractivity contribution in [2.75, 3.05) is 0 Å². The van der Waals surface area contributed by atoms with Gasteiger partial charge in [-0.1, -0.05) is 30.3 Å². The fourth-order valence-corrected chi connectivity index (χ4v) is 1.26. The molecule has 0 bridgehead atoms. The Kier molecular flexibility index (Phi) is 4.94. The molecule has 4 nitrogen and oxygen atoms in total. The third-order valence-electron chi connectivity index (χ3n) is 1.93. The number of carbonyl (C=O) groups excluding carboxylic acids is 2. The van der Waals surface area contributed by atoms with Crippen LogP contribution in [0, 0.1) is 0 Å². The highest BCUT2D eigenvalue weighted by molar-refractivity contribution is 5.84. The smallest absolute Gasteiger partial charge is 0.332 e. The van der Waals surface area contributed by atoms with E-state index in [4.69, 9.17) is 4.74 Å². The number of esters is 1. The van der Waals surface area contributed by atoms with Gasteiger partial charge >= 0.3 is 5.97 Å². The fourth-order valence-electron chi connectivity index (χ4n) is 1.26. The summed E-state index contributed by atoms with van der Waals surface area (Å²) in [7, 11) is 0. The van der Waals surface area contributed by atoms with Crippen molar-refractivity contribution in [2.24, 2.45) is 0 Å². The lowest BCUT2D eigenvalue weighted by atomic mass is 10.2. The minimum atomic E-state index is -0.472. The van der Waals surface area contributed by atoms with Crippen LogP contribution in [0.2, 0.25) is 0 Å². The van der Waals surface area contributed by atoms with Gasteiger partial charge in [0.1, 0.15) is 6.61 Å². The highest BCUT2D eigenvalue weighted by Crippen LogP contribution is 2.01. The van der Waals surface area contributed by atoms with Gasteiger partial charge in [0.15, 0.2) is 0 Å². The van der Waals surface area contributed by atoms with Crippen LogP contribution in [0.4, 0.5) is 0 Å². The molecule has 0 saturated carbocycles. The van der Waals surface area contributed by atoms with Gasteiger partial charge in [-0.2, -0.15) is 0 Å². The maximum absolute atomic E-state index is 11.4. The van der Waals surface area contributed by atoms with Crippen molar-refractivity contribution in [1.29, 1.82) is 0 Å². The van der Waals surface area contributed by atoms with Crippen molar-refractivity contribution in [3.05, 3.63) is 47.7 Å². The number of allylic oxidation sites excluding steroid dienone is 1. The number of benzene rings is 1. The molecule has 0 aliphatic carbocycles. The minimum Gasteiger partial charge on any atom is -0.458 e. The van der Waals surface area contributed by atoms with Crippen LogP contribution in [0.5, 0.6) is 0 Å². The number of carbonyl (C=O) groups is 2. The maximum Gasteiger partial charge on any atom is 0.332 e. The van der Waals surface area contributed by atoms with E-state index < -0.39 is 5.97 Å². The van der Waals surface area contributed by atoms with Gasteiger partial charge in [0.25, 0.3) is 0 Å². The zero-order valence-electron chi connectivity index (χ0n) is 9.90. The predicted molar refractivity (Wildman–Crippen MR) is 63.8 cm³/mol. The van der Waals surface area contributed by atoms with Gasteiger partial charge in [-0.3, -0.25) is 4.79 Å². The lowest BCUT2D eigenvalue weighted by molar-refractivity contribution is -0.139. The Bertz CT molecular complexity index is 424. The minimum absolute atomic E-state index is 0.213. The third-order valence-corrected chi connectivity index (χ3v) is 1.93. The van der Waals surface area contributed by atoms with Gasteiger partial charge in [0.05, 0.1) is 0 Å². The Labute approximate surface area is 100 Å². The topological polar surface area (TPSA) is 55.4 Å². The van der Waals surface area contributed by atoms with Gasteiger partial charge in [0.2, 0.25) is 5.91 Å². The highest BCUT2D eigenvalue weighted by Gasteiger charge is 2.01. The van der Waals surface area contributed by atoms with Crippen LogP contribution in [0.15, 0.2) is 42.1 Å². The number of hydrogen-bond acceptors (Lipinski definition) is 3. The van der Waals surface area contributed by atoms with E-state index in [9.17, 15) is 9.59 Å². The number of nitrogens with one attached hydrogen (secondary N) is 1. The first-order valence-electron chi connectivity index (χ1n) is 5.24. The van der Waals surface area contributed by atoms with Gasteiger partial charge in [-0.05, 0) is 12.5 Å². The molecular weight excluding hydrogens is 218 g/mol. The molecule has 0 aromatic heterocycles. The van der Waals surface area contributed by atoms with Crippen molar-refractivity contribution < 1.29 is 14.3 Å². The van der Waals surface area contributed by atoms with E-state index in [0.717, 1.165) is 5.56 Å². The molecule has 1 amide bonds. The van der Waals surface area contributed by atoms with Crippen molar-refractivity contribution in [2.45, 2.75) is 20.5 Å². The summed E-state index contributed by atoms with van der Waals surface area (Å²) in [5.74, 6) is -0.685. The zero-order chi connectivity index (χ0) is 12.7. The second-order valence-corrected chi connectivity index (χ2v) is 3.60. The van der Waals surface area contributed by atoms with Gasteiger partial charge in [0, 0.05) is 18.7 Å². The van der Waals surface area contributed by atoms with E-state index in [1.165, 1.54) is 13.0 Å². The molecule has 17 heavy (non-hydrogen) atoms. The second kappa shape index (κ2) is 6.48. The van der Waals surface area contributed by atoms with E-state index in [0.29, 0.717) is 5.70 Å². The molecule has 1 aromatic rings. The molecule has 0 aliphatic heterocycles. The average molecular weight is 233 g/mol. The number of hydrogen-bond donors (Lipinski definition) is 1. The molecule has 0 saturated heterocycles. The Morgan fingerprint density at radius 2 is 1.88 bits per heavy atom. The summed E-state index contributed by atoms with van der Waals surface area (Å²) in [6.07, 6.45) is 1.25. The molecule has 0 radical (unpaired) electrons. The highest BCUT2D eigenvalue weighted by atomic mass is 16.5. The summed E-state index contributed by atoms with van der Waals surface area (Å²) in [6, 6.07) is 9.39. The predicted octanol–water partition coefficient (Wildman–Crippen LogP) is 1.77. The van der Waals surface area contributed by atoms with Crippen LogP contribution in [0.25, 0.3) is 0 Å². The van der Waals surface area contributed by atoms with Crippen LogP contribution in [0.3, 0.4) is 0 Å². The average Bonchev–Trinajstić information content (AvgIpc) is 2.26. The molecule has 1 N–H and O–H groups in total. The second-order valence-electron chi connectivity index (χ2n) is 3.60. The fraction of sp³-hybridized carbons (Fsp3) is 0.231. The Balaban J connectivity index is 2.43. The van der Waals surface area contributed by atoms with E-state index in [2.05, 4.69) is 5.32 Å². The van der Waals surface area contributed by atoms with E-state index in [1.54, 1.807) is 6.92 Å². The molecule has 1 rings (SSSR count). The SMILES string of the molecule is CC(=O)N/C(C)=C/C(=O)OCc1ccccc1. The number of rotatable bonds is 4. The monoisotopic (exact) mass is 233 g/mol. The van der Waals surface area contributed by atoms with E-state index in [1.807, 2.05) is 30.3 Å².